The number of benzene rings is 2. The van der Waals surface area contributed by atoms with Gasteiger partial charge in [-0.2, -0.15) is 0 Å². The average Bonchev–Trinajstić information content (AvgIpc) is 3.00. The monoisotopic (exact) mass is 365 g/mol. The standard InChI is InChI=1S/C21H23N3OS/c1-4-17-10-5-6-11-18(17)24-21-23-15(3)19(26-21)20(25)22-13-16-9-7-8-14(2)12-16/h5-12H,4,13H2,1-3H3,(H,22,25)(H,23,24). The Hall–Kier alpha value is -2.66. The summed E-state index contributed by atoms with van der Waals surface area (Å²) in [6.45, 7) is 6.55. The highest BCUT2D eigenvalue weighted by Gasteiger charge is 2.15. The Kier molecular flexibility index (Phi) is 5.68. The van der Waals surface area contributed by atoms with E-state index in [4.69, 9.17) is 0 Å². The van der Waals surface area contributed by atoms with Gasteiger partial charge in [-0.3, -0.25) is 4.79 Å². The van der Waals surface area contributed by atoms with Crippen molar-refractivity contribution in [3.8, 4) is 0 Å². The zero-order valence-electron chi connectivity index (χ0n) is 15.3. The number of carbonyl (C=O) groups excluding carboxylic acids is 1. The maximum Gasteiger partial charge on any atom is 0.263 e. The van der Waals surface area contributed by atoms with E-state index in [1.807, 2.05) is 50.2 Å². The largest absolute Gasteiger partial charge is 0.347 e. The van der Waals surface area contributed by atoms with Gasteiger partial charge in [-0.1, -0.05) is 66.3 Å². The van der Waals surface area contributed by atoms with E-state index >= 15 is 0 Å². The highest BCUT2D eigenvalue weighted by atomic mass is 32.1. The van der Waals surface area contributed by atoms with Gasteiger partial charge in [0, 0.05) is 12.2 Å². The van der Waals surface area contributed by atoms with Crippen LogP contribution in [-0.4, -0.2) is 10.9 Å². The molecule has 1 heterocycles. The highest BCUT2D eigenvalue weighted by molar-refractivity contribution is 7.17. The van der Waals surface area contributed by atoms with Crippen LogP contribution in [0.3, 0.4) is 0 Å². The second kappa shape index (κ2) is 8.15. The van der Waals surface area contributed by atoms with Crippen LogP contribution in [0, 0.1) is 13.8 Å². The first-order chi connectivity index (χ1) is 12.6. The van der Waals surface area contributed by atoms with Gasteiger partial charge in [-0.25, -0.2) is 4.98 Å². The number of aryl methyl sites for hydroxylation is 3. The van der Waals surface area contributed by atoms with Crippen molar-refractivity contribution in [3.05, 3.63) is 75.8 Å². The van der Waals surface area contributed by atoms with E-state index in [2.05, 4.69) is 34.7 Å². The van der Waals surface area contributed by atoms with E-state index in [1.165, 1.54) is 22.5 Å². The molecule has 0 unspecified atom stereocenters. The quantitative estimate of drug-likeness (QED) is 0.646. The molecular formula is C21H23N3OS. The van der Waals surface area contributed by atoms with E-state index in [-0.39, 0.29) is 5.91 Å². The predicted octanol–water partition coefficient (Wildman–Crippen LogP) is 5.00. The van der Waals surface area contributed by atoms with Gasteiger partial charge in [0.15, 0.2) is 5.13 Å². The summed E-state index contributed by atoms with van der Waals surface area (Å²) in [7, 11) is 0. The number of rotatable bonds is 6. The molecule has 134 valence electrons. The van der Waals surface area contributed by atoms with Gasteiger partial charge in [0.05, 0.1) is 5.69 Å². The van der Waals surface area contributed by atoms with Crippen molar-refractivity contribution < 1.29 is 4.79 Å². The van der Waals surface area contributed by atoms with Gasteiger partial charge in [0.2, 0.25) is 0 Å². The lowest BCUT2D eigenvalue weighted by molar-refractivity contribution is 0.0954. The van der Waals surface area contributed by atoms with Crippen LogP contribution in [0.15, 0.2) is 48.5 Å². The van der Waals surface area contributed by atoms with Crippen LogP contribution in [0.5, 0.6) is 0 Å². The van der Waals surface area contributed by atoms with E-state index in [9.17, 15) is 4.79 Å². The van der Waals surface area contributed by atoms with Crippen molar-refractivity contribution in [2.75, 3.05) is 5.32 Å². The van der Waals surface area contributed by atoms with Gasteiger partial charge in [0.25, 0.3) is 5.91 Å². The van der Waals surface area contributed by atoms with E-state index in [0.29, 0.717) is 11.4 Å². The number of carbonyl (C=O) groups is 1. The molecule has 2 N–H and O–H groups in total. The summed E-state index contributed by atoms with van der Waals surface area (Å²) in [5.74, 6) is -0.0849. The number of para-hydroxylation sites is 1. The molecule has 2 aromatic carbocycles. The molecule has 0 saturated heterocycles. The molecule has 4 nitrogen and oxygen atoms in total. The van der Waals surface area contributed by atoms with E-state index in [1.54, 1.807) is 0 Å². The summed E-state index contributed by atoms with van der Waals surface area (Å²) in [5, 5.41) is 7.07. The van der Waals surface area contributed by atoms with Crippen LogP contribution in [0.1, 0.15) is 39.0 Å². The molecule has 1 aromatic heterocycles. The number of nitrogens with zero attached hydrogens (tertiary/aromatic N) is 1. The number of nitrogens with one attached hydrogen (secondary N) is 2. The van der Waals surface area contributed by atoms with Crippen LogP contribution in [0.4, 0.5) is 10.8 Å². The first-order valence-corrected chi connectivity index (χ1v) is 9.54. The number of aromatic nitrogens is 1. The van der Waals surface area contributed by atoms with Crippen molar-refractivity contribution in [1.29, 1.82) is 0 Å². The molecule has 0 aliphatic heterocycles. The molecule has 3 rings (SSSR count). The fourth-order valence-electron chi connectivity index (χ4n) is 2.81. The van der Waals surface area contributed by atoms with Crippen molar-refractivity contribution in [1.82, 2.24) is 10.3 Å². The molecule has 1 amide bonds. The van der Waals surface area contributed by atoms with Crippen LogP contribution < -0.4 is 10.6 Å². The molecule has 0 aliphatic carbocycles. The molecule has 0 saturated carbocycles. The van der Waals surface area contributed by atoms with Gasteiger partial charge < -0.3 is 10.6 Å². The molecule has 0 bridgehead atoms. The second-order valence-electron chi connectivity index (χ2n) is 6.24. The Morgan fingerprint density at radius 1 is 1.12 bits per heavy atom. The molecule has 26 heavy (non-hydrogen) atoms. The Labute approximate surface area is 158 Å². The third-order valence-electron chi connectivity index (χ3n) is 4.18. The summed E-state index contributed by atoms with van der Waals surface area (Å²) >= 11 is 1.39. The fraction of sp³-hybridized carbons (Fsp3) is 0.238. The highest BCUT2D eigenvalue weighted by Crippen LogP contribution is 2.27. The van der Waals surface area contributed by atoms with Crippen molar-refractivity contribution >= 4 is 28.1 Å². The van der Waals surface area contributed by atoms with Gasteiger partial charge in [-0.15, -0.1) is 0 Å². The first-order valence-electron chi connectivity index (χ1n) is 8.73. The normalized spacial score (nSPS) is 10.6. The zero-order valence-corrected chi connectivity index (χ0v) is 16.1. The SMILES string of the molecule is CCc1ccccc1Nc1nc(C)c(C(=O)NCc2cccc(C)c2)s1. The Morgan fingerprint density at radius 3 is 2.69 bits per heavy atom. The van der Waals surface area contributed by atoms with Crippen molar-refractivity contribution in [2.45, 2.75) is 33.7 Å². The van der Waals surface area contributed by atoms with Gasteiger partial charge >= 0.3 is 0 Å². The molecule has 0 aliphatic rings. The smallest absolute Gasteiger partial charge is 0.263 e. The van der Waals surface area contributed by atoms with Gasteiger partial charge in [-0.05, 0) is 37.5 Å². The van der Waals surface area contributed by atoms with Crippen molar-refractivity contribution in [2.24, 2.45) is 0 Å². The number of hydrogen-bond donors (Lipinski definition) is 2. The van der Waals surface area contributed by atoms with E-state index < -0.39 is 0 Å². The number of thiazole rings is 1. The molecular weight excluding hydrogens is 342 g/mol. The number of amides is 1. The molecule has 0 atom stereocenters. The van der Waals surface area contributed by atoms with Crippen molar-refractivity contribution in [3.63, 3.8) is 0 Å². The Bertz CT molecular complexity index is 917. The summed E-state index contributed by atoms with van der Waals surface area (Å²) < 4.78 is 0. The second-order valence-corrected chi connectivity index (χ2v) is 7.24. The molecule has 0 radical (unpaired) electrons. The summed E-state index contributed by atoms with van der Waals surface area (Å²) in [6.07, 6.45) is 0.942. The number of hydrogen-bond acceptors (Lipinski definition) is 4. The van der Waals surface area contributed by atoms with Crippen LogP contribution in [-0.2, 0) is 13.0 Å². The number of anilines is 2. The summed E-state index contributed by atoms with van der Waals surface area (Å²) in [4.78, 5) is 17.7. The van der Waals surface area contributed by atoms with Crippen LogP contribution >= 0.6 is 11.3 Å². The Morgan fingerprint density at radius 2 is 1.92 bits per heavy atom. The third-order valence-corrected chi connectivity index (χ3v) is 5.25. The maximum atomic E-state index is 12.5. The first kappa shape index (κ1) is 18.1. The Balaban J connectivity index is 1.70. The third kappa shape index (κ3) is 4.29. The minimum absolute atomic E-state index is 0.0849. The minimum atomic E-state index is -0.0849. The predicted molar refractivity (Wildman–Crippen MR) is 108 cm³/mol. The topological polar surface area (TPSA) is 54.0 Å². The zero-order chi connectivity index (χ0) is 18.5. The average molecular weight is 366 g/mol. The van der Waals surface area contributed by atoms with E-state index in [0.717, 1.165) is 28.5 Å². The maximum absolute atomic E-state index is 12.5. The molecule has 3 aromatic rings. The van der Waals surface area contributed by atoms with Crippen LogP contribution in [0.25, 0.3) is 0 Å². The molecule has 5 heteroatoms. The summed E-state index contributed by atoms with van der Waals surface area (Å²) in [5.41, 5.74) is 5.29. The molecule has 0 spiro atoms. The van der Waals surface area contributed by atoms with Crippen LogP contribution in [0.2, 0.25) is 0 Å². The van der Waals surface area contributed by atoms with Gasteiger partial charge in [0.1, 0.15) is 4.88 Å². The molecule has 0 fully saturated rings. The minimum Gasteiger partial charge on any atom is -0.347 e. The summed E-state index contributed by atoms with van der Waals surface area (Å²) in [6, 6.07) is 16.3. The lowest BCUT2D eigenvalue weighted by Crippen LogP contribution is -2.22. The lowest BCUT2D eigenvalue weighted by Gasteiger charge is -2.07. The lowest BCUT2D eigenvalue weighted by atomic mass is 10.1. The fourth-order valence-corrected chi connectivity index (χ4v) is 3.71.